The van der Waals surface area contributed by atoms with Gasteiger partial charge in [0, 0.05) is 11.5 Å². The lowest BCUT2D eigenvalue weighted by molar-refractivity contribution is -0.659. The molecule has 3 aromatic rings. The summed E-state index contributed by atoms with van der Waals surface area (Å²) in [6.07, 6.45) is 4.34. The summed E-state index contributed by atoms with van der Waals surface area (Å²) in [5.74, 6) is 1.07. The molecule has 2 nitrogen and oxygen atoms in total. The molecule has 2 heterocycles. The Bertz CT molecular complexity index is 940. The number of ether oxygens (including phenoxy) is 1. The van der Waals surface area contributed by atoms with E-state index in [0.29, 0.717) is 0 Å². The number of nitrogens with zero attached hydrogens (tertiary/aromatic N) is 1. The quantitative estimate of drug-likeness (QED) is 0.591. The van der Waals surface area contributed by atoms with E-state index in [-0.39, 0.29) is 5.60 Å². The maximum atomic E-state index is 6.44. The number of fused-ring (bicyclic) bond motifs is 2. The minimum absolute atomic E-state index is 0.106. The first-order valence-corrected chi connectivity index (χ1v) is 8.65. The summed E-state index contributed by atoms with van der Waals surface area (Å²) in [5, 5.41) is 2.52. The average Bonchev–Trinajstić information content (AvgIpc) is 2.54. The van der Waals surface area contributed by atoms with Gasteiger partial charge in [0.05, 0.1) is 5.56 Å². The molecule has 0 saturated heterocycles. The van der Waals surface area contributed by atoms with Crippen LogP contribution in [0.25, 0.3) is 22.0 Å². The summed E-state index contributed by atoms with van der Waals surface area (Å²) < 4.78 is 8.66. The zero-order valence-corrected chi connectivity index (χ0v) is 14.9. The standard InChI is InChI=1S/C22H24NO/c1-15-9-10-16-11-12-22(2,3)24-21(16)20(15)19-13-17-7-5-6-8-18(17)14-23(19)4/h5-10,13-14H,11-12H2,1-4H3/q+1. The molecule has 1 aliphatic rings. The molecule has 0 saturated carbocycles. The molecule has 0 spiro atoms. The number of rotatable bonds is 1. The molecular formula is C22H24NO+. The Hall–Kier alpha value is -2.35. The second-order valence-corrected chi connectivity index (χ2v) is 7.51. The van der Waals surface area contributed by atoms with Crippen LogP contribution in [0.1, 0.15) is 31.4 Å². The first kappa shape index (κ1) is 15.2. The van der Waals surface area contributed by atoms with E-state index in [0.717, 1.165) is 18.6 Å². The molecule has 0 aliphatic carbocycles. The highest BCUT2D eigenvalue weighted by molar-refractivity contribution is 5.85. The van der Waals surface area contributed by atoms with E-state index >= 15 is 0 Å². The van der Waals surface area contributed by atoms with Crippen LogP contribution in [-0.2, 0) is 13.5 Å². The molecule has 0 bridgehead atoms. The average molecular weight is 318 g/mol. The molecule has 0 radical (unpaired) electrons. The number of benzene rings is 2. The van der Waals surface area contributed by atoms with Crippen LogP contribution >= 0.6 is 0 Å². The molecule has 1 aromatic heterocycles. The van der Waals surface area contributed by atoms with E-state index in [9.17, 15) is 0 Å². The monoisotopic (exact) mass is 318 g/mol. The Balaban J connectivity index is 1.99. The number of aromatic nitrogens is 1. The van der Waals surface area contributed by atoms with Gasteiger partial charge in [-0.2, -0.15) is 0 Å². The predicted molar refractivity (Wildman–Crippen MR) is 98.3 cm³/mol. The fourth-order valence-corrected chi connectivity index (χ4v) is 3.65. The minimum atomic E-state index is -0.106. The van der Waals surface area contributed by atoms with Crippen molar-refractivity contribution in [3.05, 3.63) is 59.8 Å². The molecular weight excluding hydrogens is 294 g/mol. The van der Waals surface area contributed by atoms with Crippen molar-refractivity contribution in [2.24, 2.45) is 7.05 Å². The van der Waals surface area contributed by atoms with E-state index in [1.807, 2.05) is 0 Å². The Morgan fingerprint density at radius 3 is 2.58 bits per heavy atom. The van der Waals surface area contributed by atoms with Crippen molar-refractivity contribution in [3.8, 4) is 17.0 Å². The largest absolute Gasteiger partial charge is 0.487 e. The first-order valence-electron chi connectivity index (χ1n) is 8.65. The highest BCUT2D eigenvalue weighted by Crippen LogP contribution is 2.42. The molecule has 0 atom stereocenters. The zero-order valence-electron chi connectivity index (χ0n) is 14.9. The van der Waals surface area contributed by atoms with Crippen LogP contribution in [0.4, 0.5) is 0 Å². The van der Waals surface area contributed by atoms with Gasteiger partial charge in [0.25, 0.3) is 0 Å². The number of pyridine rings is 1. The summed E-state index contributed by atoms with van der Waals surface area (Å²) in [7, 11) is 2.12. The Morgan fingerprint density at radius 1 is 1.04 bits per heavy atom. The zero-order chi connectivity index (χ0) is 16.9. The van der Waals surface area contributed by atoms with Gasteiger partial charge in [0.2, 0.25) is 5.69 Å². The lowest BCUT2D eigenvalue weighted by atomic mass is 9.90. The van der Waals surface area contributed by atoms with Crippen molar-refractivity contribution < 1.29 is 9.30 Å². The van der Waals surface area contributed by atoms with Gasteiger partial charge in [-0.1, -0.05) is 30.3 Å². The third-order valence-electron chi connectivity index (χ3n) is 5.08. The fraction of sp³-hybridized carbons (Fsp3) is 0.318. The molecule has 0 amide bonds. The highest BCUT2D eigenvalue weighted by atomic mass is 16.5. The van der Waals surface area contributed by atoms with Gasteiger partial charge in [0.1, 0.15) is 18.4 Å². The summed E-state index contributed by atoms with van der Waals surface area (Å²) in [6, 6.07) is 15.3. The van der Waals surface area contributed by atoms with Crippen molar-refractivity contribution >= 4 is 10.8 Å². The highest BCUT2D eigenvalue weighted by Gasteiger charge is 2.31. The van der Waals surface area contributed by atoms with Gasteiger partial charge < -0.3 is 4.74 Å². The molecule has 0 N–H and O–H groups in total. The first-order chi connectivity index (χ1) is 11.4. The Morgan fingerprint density at radius 2 is 1.79 bits per heavy atom. The van der Waals surface area contributed by atoms with Crippen LogP contribution in [0.5, 0.6) is 5.75 Å². The van der Waals surface area contributed by atoms with Gasteiger partial charge in [-0.25, -0.2) is 4.57 Å². The smallest absolute Gasteiger partial charge is 0.216 e. The van der Waals surface area contributed by atoms with E-state index < -0.39 is 0 Å². The molecule has 1 aliphatic heterocycles. The molecule has 4 rings (SSSR count). The number of hydrogen-bond acceptors (Lipinski definition) is 1. The van der Waals surface area contributed by atoms with Gasteiger partial charge in [-0.3, -0.25) is 0 Å². The van der Waals surface area contributed by atoms with Crippen molar-refractivity contribution in [1.29, 1.82) is 0 Å². The normalized spacial score (nSPS) is 15.8. The fourth-order valence-electron chi connectivity index (χ4n) is 3.65. The van der Waals surface area contributed by atoms with Crippen LogP contribution in [0.3, 0.4) is 0 Å². The van der Waals surface area contributed by atoms with Crippen LogP contribution < -0.4 is 9.30 Å². The lowest BCUT2D eigenvalue weighted by Crippen LogP contribution is -2.35. The van der Waals surface area contributed by atoms with Crippen LogP contribution in [0.2, 0.25) is 0 Å². The van der Waals surface area contributed by atoms with E-state index in [1.165, 1.54) is 33.2 Å². The van der Waals surface area contributed by atoms with E-state index in [1.54, 1.807) is 0 Å². The lowest BCUT2D eigenvalue weighted by Gasteiger charge is -2.34. The molecule has 24 heavy (non-hydrogen) atoms. The Labute approximate surface area is 143 Å². The van der Waals surface area contributed by atoms with Gasteiger partial charge >= 0.3 is 0 Å². The molecule has 2 heteroatoms. The molecule has 2 aromatic carbocycles. The second-order valence-electron chi connectivity index (χ2n) is 7.51. The number of aryl methyl sites for hydroxylation is 3. The predicted octanol–water partition coefficient (Wildman–Crippen LogP) is 4.74. The van der Waals surface area contributed by atoms with Crippen molar-refractivity contribution in [2.75, 3.05) is 0 Å². The van der Waals surface area contributed by atoms with Gasteiger partial charge in [-0.15, -0.1) is 0 Å². The van der Waals surface area contributed by atoms with Crippen LogP contribution in [0, 0.1) is 6.92 Å². The second kappa shape index (κ2) is 5.34. The maximum absolute atomic E-state index is 6.44. The van der Waals surface area contributed by atoms with E-state index in [4.69, 9.17) is 4.74 Å². The molecule has 0 unspecified atom stereocenters. The van der Waals surface area contributed by atoms with Crippen LogP contribution in [-0.4, -0.2) is 5.60 Å². The van der Waals surface area contributed by atoms with Crippen molar-refractivity contribution in [1.82, 2.24) is 0 Å². The summed E-state index contributed by atoms with van der Waals surface area (Å²) in [4.78, 5) is 0. The van der Waals surface area contributed by atoms with Crippen molar-refractivity contribution in [2.45, 2.75) is 39.2 Å². The molecule has 122 valence electrons. The van der Waals surface area contributed by atoms with Gasteiger partial charge in [0.15, 0.2) is 6.20 Å². The van der Waals surface area contributed by atoms with Crippen molar-refractivity contribution in [3.63, 3.8) is 0 Å². The summed E-state index contributed by atoms with van der Waals surface area (Å²) >= 11 is 0. The topological polar surface area (TPSA) is 13.1 Å². The SMILES string of the molecule is Cc1ccc2c(c1-c1cc3ccccc3c[n+]1C)OC(C)(C)CC2. The maximum Gasteiger partial charge on any atom is 0.216 e. The third kappa shape index (κ3) is 2.47. The number of hydrogen-bond donors (Lipinski definition) is 0. The summed E-state index contributed by atoms with van der Waals surface area (Å²) in [5.41, 5.74) is 4.92. The van der Waals surface area contributed by atoms with E-state index in [2.05, 4.69) is 81.0 Å². The minimum Gasteiger partial charge on any atom is -0.487 e. The third-order valence-corrected chi connectivity index (χ3v) is 5.08. The van der Waals surface area contributed by atoms with Gasteiger partial charge in [-0.05, 0) is 56.2 Å². The Kier molecular flexibility index (Phi) is 3.38. The summed E-state index contributed by atoms with van der Waals surface area (Å²) in [6.45, 7) is 6.54. The molecule has 0 fully saturated rings. The van der Waals surface area contributed by atoms with Crippen LogP contribution in [0.15, 0.2) is 48.7 Å².